The number of nitrogens with zero attached hydrogens (tertiary/aromatic N) is 9. The summed E-state index contributed by atoms with van der Waals surface area (Å²) in [5.74, 6) is 1.53. The van der Waals surface area contributed by atoms with Gasteiger partial charge in [0.05, 0.1) is 41.6 Å². The predicted molar refractivity (Wildman–Crippen MR) is 135 cm³/mol. The van der Waals surface area contributed by atoms with Crippen molar-refractivity contribution in [3.8, 4) is 6.07 Å². The number of halogens is 1. The van der Waals surface area contributed by atoms with Crippen molar-refractivity contribution < 1.29 is 9.53 Å². The Morgan fingerprint density at radius 2 is 2.15 bits per heavy atom. The van der Waals surface area contributed by atoms with Gasteiger partial charge < -0.3 is 9.64 Å². The fraction of sp³-hybridized carbons (Fsp3) is 0.409. The minimum absolute atomic E-state index is 0.231. The molecular formula is C22H24IN9O2. The van der Waals surface area contributed by atoms with E-state index in [0.29, 0.717) is 24.6 Å². The molecule has 0 spiro atoms. The summed E-state index contributed by atoms with van der Waals surface area (Å²) in [5, 5.41) is 18.6. The quantitative estimate of drug-likeness (QED) is 0.520. The lowest BCUT2D eigenvalue weighted by molar-refractivity contribution is -0.0314. The minimum atomic E-state index is -0.597. The van der Waals surface area contributed by atoms with Crippen molar-refractivity contribution in [2.45, 2.75) is 38.3 Å². The Bertz CT molecular complexity index is 1310. The largest absolute Gasteiger partial charge is 0.444 e. The van der Waals surface area contributed by atoms with Crippen LogP contribution in [0.4, 0.5) is 4.79 Å². The van der Waals surface area contributed by atoms with Crippen molar-refractivity contribution in [2.24, 2.45) is 15.2 Å². The van der Waals surface area contributed by atoms with Crippen LogP contribution in [0.3, 0.4) is 0 Å². The van der Waals surface area contributed by atoms with Gasteiger partial charge in [-0.25, -0.2) is 13.0 Å². The van der Waals surface area contributed by atoms with Crippen molar-refractivity contribution in [3.05, 3.63) is 42.0 Å². The smallest absolute Gasteiger partial charge is 0.410 e. The number of hydrogen-bond acceptors (Lipinski definition) is 8. The normalized spacial score (nSPS) is 18.7. The van der Waals surface area contributed by atoms with Gasteiger partial charge in [0.25, 0.3) is 0 Å². The number of likely N-dealkylation sites (tertiary alicyclic amines) is 1. The number of amides is 1. The summed E-state index contributed by atoms with van der Waals surface area (Å²) in [6.07, 6.45) is 7.35. The highest BCUT2D eigenvalue weighted by Gasteiger charge is 2.49. The first-order chi connectivity index (χ1) is 16.2. The first-order valence-electron chi connectivity index (χ1n) is 10.7. The zero-order valence-electron chi connectivity index (χ0n) is 19.3. The molecule has 0 radical (unpaired) electrons. The fourth-order valence-electron chi connectivity index (χ4n) is 3.97. The number of carbonyl (C=O) groups is 1. The van der Waals surface area contributed by atoms with E-state index < -0.39 is 32.1 Å². The SMILES string of the molecule is Cn1cc(C2=CC3=NI=CN3C(c3ccn(C4(CC#N)CN(C(=O)OC(C)(C)C)C4)n3)=N2)cn1. The molecule has 5 rings (SSSR count). The lowest BCUT2D eigenvalue weighted by Gasteiger charge is -2.48. The van der Waals surface area contributed by atoms with E-state index in [1.807, 2.05) is 57.3 Å². The van der Waals surface area contributed by atoms with Crippen molar-refractivity contribution >= 4 is 48.6 Å². The second kappa shape index (κ2) is 8.15. The minimum Gasteiger partial charge on any atom is -0.444 e. The number of aliphatic imine (C=N–C) groups is 1. The van der Waals surface area contributed by atoms with E-state index in [1.54, 1.807) is 20.5 Å². The molecule has 0 aromatic carbocycles. The third-order valence-electron chi connectivity index (χ3n) is 5.58. The number of hydrogen-bond donors (Lipinski definition) is 0. The average Bonchev–Trinajstić information content (AvgIpc) is 3.48. The number of carbonyl (C=O) groups excluding carboxylic acids is 1. The molecule has 0 saturated carbocycles. The summed E-state index contributed by atoms with van der Waals surface area (Å²) in [5.41, 5.74) is 1.19. The van der Waals surface area contributed by atoms with E-state index in [4.69, 9.17) is 14.8 Å². The molecule has 12 heteroatoms. The Morgan fingerprint density at radius 1 is 1.35 bits per heavy atom. The Kier molecular flexibility index (Phi) is 5.38. The molecule has 2 aromatic rings. The number of fused-ring (bicyclic) bond motifs is 1. The molecule has 0 atom stereocenters. The van der Waals surface area contributed by atoms with Gasteiger partial charge in [-0.05, 0) is 26.8 Å². The number of aryl methyl sites for hydroxylation is 1. The summed E-state index contributed by atoms with van der Waals surface area (Å²) in [6.45, 7) is 6.22. The Morgan fingerprint density at radius 3 is 2.82 bits per heavy atom. The van der Waals surface area contributed by atoms with Gasteiger partial charge >= 0.3 is 6.09 Å². The number of nitriles is 1. The molecule has 1 fully saturated rings. The molecule has 0 N–H and O–H groups in total. The van der Waals surface area contributed by atoms with Crippen LogP contribution >= 0.6 is 21.0 Å². The lowest BCUT2D eigenvalue weighted by Crippen LogP contribution is -2.64. The fourth-order valence-corrected chi connectivity index (χ4v) is 5.55. The second-order valence-electron chi connectivity index (χ2n) is 9.42. The first-order valence-corrected chi connectivity index (χ1v) is 12.9. The van der Waals surface area contributed by atoms with E-state index in [9.17, 15) is 10.1 Å². The monoisotopic (exact) mass is 573 g/mol. The summed E-state index contributed by atoms with van der Waals surface area (Å²) in [7, 11) is 1.87. The number of ether oxygens (including phenoxy) is 1. The molecule has 5 heterocycles. The second-order valence-corrected chi connectivity index (χ2v) is 11.0. The van der Waals surface area contributed by atoms with E-state index in [2.05, 4.69) is 18.5 Å². The van der Waals surface area contributed by atoms with E-state index in [0.717, 1.165) is 17.1 Å². The van der Waals surface area contributed by atoms with E-state index in [-0.39, 0.29) is 12.5 Å². The third kappa shape index (κ3) is 4.04. The van der Waals surface area contributed by atoms with Crippen LogP contribution in [0.25, 0.3) is 5.70 Å². The van der Waals surface area contributed by atoms with Crippen LogP contribution in [0.15, 0.2) is 38.9 Å². The van der Waals surface area contributed by atoms with Gasteiger partial charge in [0.1, 0.15) is 22.7 Å². The van der Waals surface area contributed by atoms with Crippen LogP contribution in [0, 0.1) is 11.3 Å². The summed E-state index contributed by atoms with van der Waals surface area (Å²) < 4.78 is 15.7. The molecule has 11 nitrogen and oxygen atoms in total. The van der Waals surface area contributed by atoms with Gasteiger partial charge in [-0.2, -0.15) is 15.5 Å². The molecule has 176 valence electrons. The van der Waals surface area contributed by atoms with Crippen LogP contribution in [0.1, 0.15) is 38.4 Å². The van der Waals surface area contributed by atoms with Crippen molar-refractivity contribution in [1.82, 2.24) is 29.4 Å². The van der Waals surface area contributed by atoms with Gasteiger partial charge in [0.15, 0.2) is 5.84 Å². The molecule has 0 unspecified atom stereocenters. The highest BCUT2D eigenvalue weighted by molar-refractivity contribution is 14.2. The maximum absolute atomic E-state index is 12.5. The zero-order chi connectivity index (χ0) is 24.1. The van der Waals surface area contributed by atoms with E-state index in [1.165, 1.54) is 0 Å². The number of amidine groups is 2. The maximum Gasteiger partial charge on any atom is 0.410 e. The zero-order valence-corrected chi connectivity index (χ0v) is 21.5. The topological polar surface area (TPSA) is 117 Å². The average molecular weight is 573 g/mol. The van der Waals surface area contributed by atoms with Gasteiger partial charge in [-0.1, -0.05) is 0 Å². The van der Waals surface area contributed by atoms with Crippen LogP contribution in [-0.4, -0.2) is 70.0 Å². The summed E-state index contributed by atoms with van der Waals surface area (Å²) in [4.78, 5) is 20.9. The molecule has 3 aliphatic heterocycles. The highest BCUT2D eigenvalue weighted by Crippen LogP contribution is 2.34. The van der Waals surface area contributed by atoms with Crippen molar-refractivity contribution in [1.29, 1.82) is 5.26 Å². The van der Waals surface area contributed by atoms with E-state index >= 15 is 0 Å². The van der Waals surface area contributed by atoms with Crippen LogP contribution in [-0.2, 0) is 17.3 Å². The highest BCUT2D eigenvalue weighted by atomic mass is 127. The van der Waals surface area contributed by atoms with Gasteiger partial charge in [0, 0.05) is 52.1 Å². The van der Waals surface area contributed by atoms with Crippen molar-refractivity contribution in [3.63, 3.8) is 0 Å². The Balaban J connectivity index is 1.42. The number of rotatable bonds is 4. The molecule has 34 heavy (non-hydrogen) atoms. The molecule has 1 amide bonds. The molecule has 0 aliphatic carbocycles. The molecule has 3 aliphatic rings. The standard InChI is InChI=1S/C22H24IN9O2/c1-21(2,3)34-20(33)30-12-22(13-30,6-7-24)32-8-5-16(28-32)19-26-17(15-10-25-29(4)11-15)9-18-27-23-14-31(18)19/h5,8-11,14H,6,12-13H2,1-4H3. The first kappa shape index (κ1) is 22.5. The Hall–Kier alpha value is -3.34. The molecule has 2 aromatic heterocycles. The molecule has 1 saturated heterocycles. The van der Waals surface area contributed by atoms with Crippen LogP contribution < -0.4 is 0 Å². The summed E-state index contributed by atoms with van der Waals surface area (Å²) in [6, 6.07) is 4.15. The van der Waals surface area contributed by atoms with Gasteiger partial charge in [0.2, 0.25) is 0 Å². The Labute approximate surface area is 207 Å². The predicted octanol–water partition coefficient (Wildman–Crippen LogP) is 2.64. The third-order valence-corrected chi connectivity index (χ3v) is 7.16. The number of aromatic nitrogens is 4. The van der Waals surface area contributed by atoms with Crippen LogP contribution in [0.5, 0.6) is 0 Å². The van der Waals surface area contributed by atoms with Gasteiger partial charge in [-0.3, -0.25) is 14.3 Å². The lowest BCUT2D eigenvalue weighted by atomic mass is 9.87. The van der Waals surface area contributed by atoms with Crippen molar-refractivity contribution in [2.75, 3.05) is 13.1 Å². The molecular weight excluding hydrogens is 549 g/mol. The van der Waals surface area contributed by atoms with Gasteiger partial charge in [-0.15, -0.1) is 0 Å². The maximum atomic E-state index is 12.5. The molecule has 0 bridgehead atoms. The summed E-state index contributed by atoms with van der Waals surface area (Å²) >= 11 is -0.447. The van der Waals surface area contributed by atoms with Crippen LogP contribution in [0.2, 0.25) is 0 Å².